The predicted molar refractivity (Wildman–Crippen MR) is 108 cm³/mol. The molecule has 0 atom stereocenters. The Morgan fingerprint density at radius 1 is 0.929 bits per heavy atom. The van der Waals surface area contributed by atoms with E-state index in [1.165, 1.54) is 10.4 Å². The first-order chi connectivity index (χ1) is 13.6. The summed E-state index contributed by atoms with van der Waals surface area (Å²) < 4.78 is 32.3. The van der Waals surface area contributed by atoms with Crippen molar-refractivity contribution in [3.05, 3.63) is 72.3 Å². The molecular weight excluding hydrogens is 376 g/mol. The van der Waals surface area contributed by atoms with Crippen molar-refractivity contribution in [2.75, 3.05) is 31.6 Å². The molecule has 1 saturated heterocycles. The molecule has 144 valence electrons. The third-order valence-electron chi connectivity index (χ3n) is 4.73. The van der Waals surface area contributed by atoms with Gasteiger partial charge in [0.15, 0.2) is 0 Å². The highest BCUT2D eigenvalue weighted by Gasteiger charge is 2.26. The van der Waals surface area contributed by atoms with Crippen molar-refractivity contribution in [3.63, 3.8) is 0 Å². The minimum Gasteiger partial charge on any atom is -0.379 e. The molecule has 1 aliphatic rings. The van der Waals surface area contributed by atoms with E-state index in [1.54, 1.807) is 24.3 Å². The Labute approximate surface area is 163 Å². The molecule has 1 N–H and O–H groups in total. The fraction of sp³-hybridized carbons (Fsp3) is 0.190. The molecule has 3 aromatic rings. The number of hydrogen-bond acceptors (Lipinski definition) is 4. The predicted octanol–water partition coefficient (Wildman–Crippen LogP) is 3.11. The summed E-state index contributed by atoms with van der Waals surface area (Å²) in [5, 5.41) is 4.64. The summed E-state index contributed by atoms with van der Waals surface area (Å²) in [6, 6.07) is 19.5. The molecule has 0 aliphatic carbocycles. The highest BCUT2D eigenvalue weighted by Crippen LogP contribution is 2.23. The average Bonchev–Trinajstić information content (AvgIpc) is 2.74. The largest absolute Gasteiger partial charge is 0.379 e. The molecule has 1 amide bonds. The maximum absolute atomic E-state index is 12.8. The molecule has 7 heteroatoms. The number of benzene rings is 3. The first-order valence-corrected chi connectivity index (χ1v) is 10.5. The number of amides is 1. The fourth-order valence-corrected chi connectivity index (χ4v) is 4.75. The second-order valence-corrected chi connectivity index (χ2v) is 8.46. The first kappa shape index (κ1) is 18.6. The van der Waals surface area contributed by atoms with Gasteiger partial charge in [0.25, 0.3) is 5.91 Å². The van der Waals surface area contributed by atoms with Gasteiger partial charge < -0.3 is 10.1 Å². The topological polar surface area (TPSA) is 75.7 Å². The number of nitrogens with one attached hydrogen (secondary N) is 1. The zero-order valence-electron chi connectivity index (χ0n) is 15.2. The van der Waals surface area contributed by atoms with E-state index in [2.05, 4.69) is 5.32 Å². The van der Waals surface area contributed by atoms with Gasteiger partial charge in [0.1, 0.15) is 0 Å². The van der Waals surface area contributed by atoms with E-state index in [-0.39, 0.29) is 10.8 Å². The lowest BCUT2D eigenvalue weighted by atomic mass is 10.0. The Hall–Kier alpha value is -2.74. The zero-order chi connectivity index (χ0) is 19.6. The smallest absolute Gasteiger partial charge is 0.256 e. The van der Waals surface area contributed by atoms with E-state index < -0.39 is 10.0 Å². The van der Waals surface area contributed by atoms with Crippen LogP contribution >= 0.6 is 0 Å². The molecule has 0 saturated carbocycles. The summed E-state index contributed by atoms with van der Waals surface area (Å²) in [4.78, 5) is 13.0. The third kappa shape index (κ3) is 3.64. The van der Waals surface area contributed by atoms with Gasteiger partial charge in [-0.1, -0.05) is 42.5 Å². The molecule has 0 aromatic heterocycles. The van der Waals surface area contributed by atoms with Crippen LogP contribution in [0.3, 0.4) is 0 Å². The minimum absolute atomic E-state index is 0.158. The number of rotatable bonds is 4. The Morgan fingerprint density at radius 2 is 1.64 bits per heavy atom. The van der Waals surface area contributed by atoms with Crippen LogP contribution in [0.5, 0.6) is 0 Å². The summed E-state index contributed by atoms with van der Waals surface area (Å²) >= 11 is 0. The number of carbonyl (C=O) groups is 1. The van der Waals surface area contributed by atoms with Gasteiger partial charge >= 0.3 is 0 Å². The molecule has 1 fully saturated rings. The van der Waals surface area contributed by atoms with Gasteiger partial charge in [-0.3, -0.25) is 4.79 Å². The highest BCUT2D eigenvalue weighted by molar-refractivity contribution is 7.89. The molecule has 1 heterocycles. The van der Waals surface area contributed by atoms with Crippen LogP contribution < -0.4 is 5.32 Å². The molecule has 0 spiro atoms. The standard InChI is InChI=1S/C21H20N2O4S/c24-21(20-10-3-6-16-5-1-2-9-19(16)20)22-17-7-4-8-18(15-17)28(25,26)23-11-13-27-14-12-23/h1-10,15H,11-14H2,(H,22,24). The summed E-state index contributed by atoms with van der Waals surface area (Å²) in [5.74, 6) is -0.280. The van der Waals surface area contributed by atoms with Gasteiger partial charge in [-0.15, -0.1) is 0 Å². The van der Waals surface area contributed by atoms with E-state index in [0.717, 1.165) is 10.8 Å². The van der Waals surface area contributed by atoms with Gasteiger partial charge in [0.05, 0.1) is 18.1 Å². The Balaban J connectivity index is 1.60. The molecule has 0 bridgehead atoms. The van der Waals surface area contributed by atoms with Gasteiger partial charge in [0, 0.05) is 24.3 Å². The molecule has 3 aromatic carbocycles. The number of carbonyl (C=O) groups excluding carboxylic acids is 1. The SMILES string of the molecule is O=C(Nc1cccc(S(=O)(=O)N2CCOCC2)c1)c1cccc2ccccc12. The lowest BCUT2D eigenvalue weighted by Crippen LogP contribution is -2.40. The average molecular weight is 396 g/mol. The number of anilines is 1. The van der Waals surface area contributed by atoms with Crippen molar-refractivity contribution >= 4 is 32.4 Å². The molecule has 0 radical (unpaired) electrons. The van der Waals surface area contributed by atoms with Crippen LogP contribution in [0.1, 0.15) is 10.4 Å². The molecular formula is C21H20N2O4S. The van der Waals surface area contributed by atoms with Crippen LogP contribution in [0.15, 0.2) is 71.6 Å². The van der Waals surface area contributed by atoms with Crippen LogP contribution in [0.4, 0.5) is 5.69 Å². The maximum atomic E-state index is 12.8. The Kier molecular flexibility index (Phi) is 5.13. The fourth-order valence-electron chi connectivity index (χ4n) is 3.29. The van der Waals surface area contributed by atoms with Crippen molar-refractivity contribution in [3.8, 4) is 0 Å². The Bertz CT molecular complexity index is 1120. The summed E-state index contributed by atoms with van der Waals surface area (Å²) in [6.07, 6.45) is 0. The van der Waals surface area contributed by atoms with Gasteiger partial charge in [-0.2, -0.15) is 4.31 Å². The van der Waals surface area contributed by atoms with Crippen molar-refractivity contribution in [2.24, 2.45) is 0 Å². The normalized spacial score (nSPS) is 15.4. The number of sulfonamides is 1. The number of morpholine rings is 1. The number of ether oxygens (including phenoxy) is 1. The lowest BCUT2D eigenvalue weighted by Gasteiger charge is -2.26. The van der Waals surface area contributed by atoms with Crippen LogP contribution in [0.2, 0.25) is 0 Å². The first-order valence-electron chi connectivity index (χ1n) is 9.03. The van der Waals surface area contributed by atoms with Crippen molar-refractivity contribution < 1.29 is 17.9 Å². The third-order valence-corrected chi connectivity index (χ3v) is 6.63. The van der Waals surface area contributed by atoms with E-state index >= 15 is 0 Å². The van der Waals surface area contributed by atoms with Crippen molar-refractivity contribution in [1.82, 2.24) is 4.31 Å². The van der Waals surface area contributed by atoms with E-state index in [0.29, 0.717) is 37.6 Å². The van der Waals surface area contributed by atoms with Gasteiger partial charge in [-0.25, -0.2) is 8.42 Å². The number of hydrogen-bond donors (Lipinski definition) is 1. The zero-order valence-corrected chi connectivity index (χ0v) is 16.0. The van der Waals surface area contributed by atoms with Gasteiger partial charge in [0.2, 0.25) is 10.0 Å². The maximum Gasteiger partial charge on any atom is 0.256 e. The van der Waals surface area contributed by atoms with Gasteiger partial charge in [-0.05, 0) is 35.0 Å². The number of nitrogens with zero attached hydrogens (tertiary/aromatic N) is 1. The monoisotopic (exact) mass is 396 g/mol. The van der Waals surface area contributed by atoms with Crippen LogP contribution in [0, 0.1) is 0 Å². The molecule has 6 nitrogen and oxygen atoms in total. The highest BCUT2D eigenvalue weighted by atomic mass is 32.2. The van der Waals surface area contributed by atoms with Crippen molar-refractivity contribution in [1.29, 1.82) is 0 Å². The quantitative estimate of drug-likeness (QED) is 0.735. The lowest BCUT2D eigenvalue weighted by molar-refractivity contribution is 0.0730. The second kappa shape index (κ2) is 7.71. The second-order valence-electron chi connectivity index (χ2n) is 6.53. The van der Waals surface area contributed by atoms with Crippen LogP contribution in [-0.2, 0) is 14.8 Å². The molecule has 1 aliphatic heterocycles. The van der Waals surface area contributed by atoms with Crippen LogP contribution in [-0.4, -0.2) is 44.9 Å². The van der Waals surface area contributed by atoms with E-state index in [1.807, 2.05) is 36.4 Å². The molecule has 28 heavy (non-hydrogen) atoms. The van der Waals surface area contributed by atoms with Crippen molar-refractivity contribution in [2.45, 2.75) is 4.90 Å². The summed E-state index contributed by atoms with van der Waals surface area (Å²) in [5.41, 5.74) is 0.979. The molecule has 0 unspecified atom stereocenters. The summed E-state index contributed by atoms with van der Waals surface area (Å²) in [7, 11) is -3.62. The number of fused-ring (bicyclic) bond motifs is 1. The van der Waals surface area contributed by atoms with E-state index in [9.17, 15) is 13.2 Å². The Morgan fingerprint density at radius 3 is 2.46 bits per heavy atom. The summed E-state index contributed by atoms with van der Waals surface area (Å²) in [6.45, 7) is 1.43. The minimum atomic E-state index is -3.62. The van der Waals surface area contributed by atoms with Crippen LogP contribution in [0.25, 0.3) is 10.8 Å². The van der Waals surface area contributed by atoms with E-state index in [4.69, 9.17) is 4.74 Å². The molecule has 4 rings (SSSR count).